The Hall–Kier alpha value is -8.77. The van der Waals surface area contributed by atoms with Gasteiger partial charge in [0.25, 0.3) is 0 Å². The van der Waals surface area contributed by atoms with Crippen LogP contribution < -0.4 is 70.0 Å². The third-order valence-corrected chi connectivity index (χ3v) is 13.0. The van der Waals surface area contributed by atoms with E-state index >= 15 is 0 Å². The Morgan fingerprint density at radius 1 is 0.380 bits per heavy atom. The number of carbonyl (C=O) groups excluding carboxylic acids is 11. The van der Waals surface area contributed by atoms with Crippen molar-refractivity contribution >= 4 is 94.8 Å². The molecule has 34 nitrogen and oxygen atoms in total. The third kappa shape index (κ3) is 35.6. The highest BCUT2D eigenvalue weighted by Gasteiger charge is 2.39. The topological polar surface area (TPSA) is 559 Å². The minimum absolute atomic E-state index is 0.0649. The summed E-state index contributed by atoms with van der Waals surface area (Å²) in [6.45, 7) is 16.3. The molecule has 37 heteroatoms. The van der Waals surface area contributed by atoms with E-state index in [9.17, 15) is 100 Å². The predicted octanol–water partition coefficient (Wildman–Crippen LogP) is -3.21. The summed E-state index contributed by atoms with van der Waals surface area (Å²) in [7, 11) is 0. The van der Waals surface area contributed by atoms with Gasteiger partial charge in [-0.3, -0.25) is 71.9 Å². The van der Waals surface area contributed by atoms with Gasteiger partial charge in [0.05, 0.1) is 12.5 Å². The summed E-state index contributed by atoms with van der Waals surface area (Å²) in [5.74, 6) is -20.3. The first-order valence-electron chi connectivity index (χ1n) is 29.3. The highest BCUT2D eigenvalue weighted by atomic mass is 19.4. The molecule has 0 aliphatic rings. The molecular formula is C55H92F3N13O21. The standard InChI is InChI=1S/C53H91N13O19.C2HF3O2/c1-24(2)20-34(50(82)61-32(15-17-37(67)68)46(78)58-28(9)43(75)56-23-40(73)74)63-47(79)31(14-12-13-19-54)60-48(80)33(16-18-38(69)70)62-51(83)35(21-25(3)4)65-53(85)42(27(7)8)66-45(77)30(11)57-44(76)29(10)59-49(81)36(22-39(71)72)64-52(84)41(55)26(5)6;3-2(4,5)1(6)7/h24-36,41-42H,12-23,54-55H2,1-11H3,(H,56,75)(H,57,76)(H,58,78)(H,59,81)(H,60,80)(H,61,82)(H,62,83)(H,63,79)(H,64,84)(H,65,85)(H,66,77)(H,67,68)(H,69,70)(H,71,72)(H,73,74);(H,6,7)/t28-,29-,30-,31-,32-,33-,34-,35-,36-,41-,42-;/m0./s1. The predicted molar refractivity (Wildman–Crippen MR) is 316 cm³/mol. The van der Waals surface area contributed by atoms with Gasteiger partial charge in [0.15, 0.2) is 0 Å². The van der Waals surface area contributed by atoms with Crippen LogP contribution in [-0.2, 0) is 76.7 Å². The van der Waals surface area contributed by atoms with Crippen LogP contribution in [0.15, 0.2) is 0 Å². The zero-order valence-corrected chi connectivity index (χ0v) is 53.2. The van der Waals surface area contributed by atoms with Gasteiger partial charge >= 0.3 is 36.0 Å². The Morgan fingerprint density at radius 2 is 0.717 bits per heavy atom. The van der Waals surface area contributed by atoms with Crippen LogP contribution in [0.2, 0.25) is 0 Å². The summed E-state index contributed by atoms with van der Waals surface area (Å²) in [5, 5.41) is 70.8. The Bertz CT molecular complexity index is 2570. The quantitative estimate of drug-likeness (QED) is 0.0268. The monoisotopic (exact) mass is 1330 g/mol. The molecule has 0 bridgehead atoms. The van der Waals surface area contributed by atoms with Crippen molar-refractivity contribution < 1.29 is 115 Å². The molecule has 92 heavy (non-hydrogen) atoms. The average molecular weight is 1330 g/mol. The Kier molecular flexibility index (Phi) is 39.2. The lowest BCUT2D eigenvalue weighted by atomic mass is 9.99. The maximum Gasteiger partial charge on any atom is 0.490 e. The summed E-state index contributed by atoms with van der Waals surface area (Å²) in [4.78, 5) is 203. The Morgan fingerprint density at radius 3 is 1.08 bits per heavy atom. The number of nitrogens with two attached hydrogens (primary N) is 2. The van der Waals surface area contributed by atoms with Crippen molar-refractivity contribution in [2.24, 2.45) is 35.1 Å². The van der Waals surface area contributed by atoms with E-state index in [1.165, 1.54) is 20.8 Å². The van der Waals surface area contributed by atoms with Crippen LogP contribution in [0.1, 0.15) is 140 Å². The van der Waals surface area contributed by atoms with Crippen molar-refractivity contribution in [1.29, 1.82) is 0 Å². The van der Waals surface area contributed by atoms with Gasteiger partial charge in [-0.2, -0.15) is 13.2 Å². The fraction of sp³-hybridized carbons (Fsp3) is 0.709. The molecule has 524 valence electrons. The van der Waals surface area contributed by atoms with Crippen molar-refractivity contribution in [3.05, 3.63) is 0 Å². The number of carboxylic acids is 5. The number of halogens is 3. The second-order valence-corrected chi connectivity index (χ2v) is 23.0. The van der Waals surface area contributed by atoms with E-state index in [4.69, 9.17) is 26.5 Å². The highest BCUT2D eigenvalue weighted by Crippen LogP contribution is 2.15. The van der Waals surface area contributed by atoms with E-state index < -0.39 is 212 Å². The lowest BCUT2D eigenvalue weighted by Crippen LogP contribution is -2.61. The van der Waals surface area contributed by atoms with Crippen LogP contribution in [0.5, 0.6) is 0 Å². The Balaban J connectivity index is 0. The molecule has 0 aliphatic carbocycles. The van der Waals surface area contributed by atoms with Gasteiger partial charge in [-0.15, -0.1) is 0 Å². The highest BCUT2D eigenvalue weighted by molar-refractivity contribution is 5.99. The van der Waals surface area contributed by atoms with Gasteiger partial charge in [0.2, 0.25) is 65.0 Å². The van der Waals surface area contributed by atoms with Gasteiger partial charge in [0, 0.05) is 12.8 Å². The van der Waals surface area contributed by atoms with Crippen LogP contribution >= 0.6 is 0 Å². The van der Waals surface area contributed by atoms with Gasteiger partial charge in [-0.05, 0) is 95.9 Å². The van der Waals surface area contributed by atoms with Gasteiger partial charge in [-0.25, -0.2) is 4.79 Å². The molecule has 0 radical (unpaired) electrons. The Labute approximate surface area is 528 Å². The molecule has 11 atom stereocenters. The first kappa shape index (κ1) is 85.3. The molecule has 0 heterocycles. The number of amides is 11. The molecule has 11 amide bonds. The van der Waals surface area contributed by atoms with E-state index in [1.807, 2.05) is 0 Å². The minimum atomic E-state index is -5.08. The summed E-state index contributed by atoms with van der Waals surface area (Å²) < 4.78 is 31.7. The molecule has 0 rings (SSSR count). The smallest absolute Gasteiger partial charge is 0.481 e. The number of nitrogens with one attached hydrogen (secondary N) is 11. The van der Waals surface area contributed by atoms with Crippen LogP contribution in [0.3, 0.4) is 0 Å². The van der Waals surface area contributed by atoms with Gasteiger partial charge < -0.3 is 95.5 Å². The molecule has 0 saturated heterocycles. The van der Waals surface area contributed by atoms with Gasteiger partial charge in [0.1, 0.15) is 67.0 Å². The number of hydrogen-bond donors (Lipinski definition) is 18. The molecule has 0 saturated carbocycles. The van der Waals surface area contributed by atoms with Crippen LogP contribution in [-0.4, -0.2) is 206 Å². The zero-order valence-electron chi connectivity index (χ0n) is 53.2. The molecule has 20 N–H and O–H groups in total. The first-order valence-corrected chi connectivity index (χ1v) is 29.3. The number of unbranched alkanes of at least 4 members (excludes halogenated alkanes) is 1. The number of rotatable bonds is 41. The van der Waals surface area contributed by atoms with Crippen LogP contribution in [0.25, 0.3) is 0 Å². The number of aliphatic carboxylic acids is 5. The molecule has 0 aromatic carbocycles. The molecule has 0 aromatic heterocycles. The number of alkyl halides is 3. The number of hydrogen-bond acceptors (Lipinski definition) is 18. The average Bonchev–Trinajstić information content (AvgIpc) is 0.986. The zero-order chi connectivity index (χ0) is 71.7. The molecule has 0 unspecified atom stereocenters. The summed E-state index contributed by atoms with van der Waals surface area (Å²) in [6, 6.07) is -15.7. The van der Waals surface area contributed by atoms with Crippen molar-refractivity contribution in [1.82, 2.24) is 58.5 Å². The van der Waals surface area contributed by atoms with E-state index in [-0.39, 0.29) is 50.0 Å². The lowest BCUT2D eigenvalue weighted by Gasteiger charge is -2.29. The van der Waals surface area contributed by atoms with Crippen LogP contribution in [0, 0.1) is 23.7 Å². The van der Waals surface area contributed by atoms with E-state index in [2.05, 4.69) is 58.5 Å². The maximum atomic E-state index is 14.2. The molecule has 0 aromatic rings. The number of carboxylic acid groups (broad SMARTS) is 5. The van der Waals surface area contributed by atoms with E-state index in [1.54, 1.807) is 55.4 Å². The SMILES string of the molecule is CC(C)C[C@H](NC(=O)[C@H](CCCCN)NC(=O)[C@H](CCC(=O)O)NC(=O)[C@H](CC(C)C)NC(=O)[C@@H](NC(=O)[C@H](C)NC(=O)[C@H](C)NC(=O)[C@H](CC(=O)O)NC(=O)[C@@H](N)C(C)C)C(C)C)C(=O)N[C@@H](CCC(=O)O)C(=O)N[C@@H](C)C(=O)NCC(=O)O.O=C(O)C(F)(F)F. The second-order valence-electron chi connectivity index (χ2n) is 23.0. The van der Waals surface area contributed by atoms with E-state index in [0.717, 1.165) is 0 Å². The fourth-order valence-corrected chi connectivity index (χ4v) is 7.84. The third-order valence-electron chi connectivity index (χ3n) is 13.0. The molecule has 0 fully saturated rings. The van der Waals surface area contributed by atoms with Crippen LogP contribution in [0.4, 0.5) is 13.2 Å². The molecule has 0 spiro atoms. The number of carbonyl (C=O) groups is 16. The van der Waals surface area contributed by atoms with Crippen molar-refractivity contribution in [3.8, 4) is 0 Å². The van der Waals surface area contributed by atoms with Crippen molar-refractivity contribution in [2.75, 3.05) is 13.1 Å². The normalized spacial score (nSPS) is 14.8. The summed E-state index contributed by atoms with van der Waals surface area (Å²) in [6.07, 6.45) is -7.93. The van der Waals surface area contributed by atoms with Crippen molar-refractivity contribution in [3.63, 3.8) is 0 Å². The molecular weight excluding hydrogens is 1240 g/mol. The fourth-order valence-electron chi connectivity index (χ4n) is 7.84. The minimum Gasteiger partial charge on any atom is -0.481 e. The van der Waals surface area contributed by atoms with Gasteiger partial charge in [-0.1, -0.05) is 55.4 Å². The molecule has 0 aliphatic heterocycles. The largest absolute Gasteiger partial charge is 0.490 e. The van der Waals surface area contributed by atoms with E-state index in [0.29, 0.717) is 6.42 Å². The summed E-state index contributed by atoms with van der Waals surface area (Å²) >= 11 is 0. The maximum absolute atomic E-state index is 14.2. The first-order chi connectivity index (χ1) is 42.4. The van der Waals surface area contributed by atoms with Crippen molar-refractivity contribution in [2.45, 2.75) is 213 Å². The second kappa shape index (κ2) is 42.3. The lowest BCUT2D eigenvalue weighted by molar-refractivity contribution is -0.192. The summed E-state index contributed by atoms with van der Waals surface area (Å²) in [5.41, 5.74) is 11.5.